The van der Waals surface area contributed by atoms with Gasteiger partial charge in [-0.3, -0.25) is 0 Å². The van der Waals surface area contributed by atoms with Crippen LogP contribution < -0.4 is 5.73 Å². The number of nitrogen functional groups attached to an aromatic ring is 1. The van der Waals surface area contributed by atoms with Crippen molar-refractivity contribution in [3.63, 3.8) is 0 Å². The van der Waals surface area contributed by atoms with E-state index < -0.39 is 5.82 Å². The number of hydrogen-bond donors (Lipinski definition) is 1. The van der Waals surface area contributed by atoms with Crippen molar-refractivity contribution >= 4 is 29.1 Å². The second-order valence-electron chi connectivity index (χ2n) is 3.56. The summed E-state index contributed by atoms with van der Waals surface area (Å²) in [6.45, 7) is 2.07. The van der Waals surface area contributed by atoms with E-state index in [1.807, 2.05) is 0 Å². The lowest BCUT2D eigenvalue weighted by atomic mass is 10.1. The third-order valence-electron chi connectivity index (χ3n) is 2.40. The number of nitrogens with two attached hydrogens (primary N) is 1. The zero-order valence-electron chi connectivity index (χ0n) is 8.26. The summed E-state index contributed by atoms with van der Waals surface area (Å²) in [6, 6.07) is 3.34. The molecule has 1 aromatic carbocycles. The van der Waals surface area contributed by atoms with Gasteiger partial charge in [-0.15, -0.1) is 11.8 Å². The Morgan fingerprint density at radius 3 is 2.80 bits per heavy atom. The van der Waals surface area contributed by atoms with Gasteiger partial charge < -0.3 is 5.73 Å². The number of benzene rings is 1. The summed E-state index contributed by atoms with van der Waals surface area (Å²) in [5, 5.41) is 0.431. The lowest BCUT2D eigenvalue weighted by Gasteiger charge is -2.11. The molecule has 0 bridgehead atoms. The summed E-state index contributed by atoms with van der Waals surface area (Å²) in [5.74, 6) is -0.520. The molecule has 0 amide bonds. The van der Waals surface area contributed by atoms with Crippen LogP contribution in [0.5, 0.6) is 0 Å². The van der Waals surface area contributed by atoms with E-state index in [-0.39, 0.29) is 10.7 Å². The molecule has 0 saturated heterocycles. The normalized spacial score (nSPS) is 20.5. The van der Waals surface area contributed by atoms with E-state index in [0.717, 1.165) is 12.0 Å². The molecule has 1 aromatic rings. The van der Waals surface area contributed by atoms with Crippen molar-refractivity contribution in [1.82, 2.24) is 0 Å². The van der Waals surface area contributed by atoms with Crippen LogP contribution in [0.3, 0.4) is 0 Å². The molecule has 1 atom stereocenters. The van der Waals surface area contributed by atoms with Crippen molar-refractivity contribution < 1.29 is 4.39 Å². The molecule has 80 valence electrons. The summed E-state index contributed by atoms with van der Waals surface area (Å²) in [6.07, 6.45) is 3.13. The molecule has 1 aliphatic rings. The second-order valence-corrected chi connectivity index (χ2v) is 5.42. The van der Waals surface area contributed by atoms with Crippen molar-refractivity contribution in [2.75, 3.05) is 5.73 Å². The van der Waals surface area contributed by atoms with Gasteiger partial charge in [0, 0.05) is 5.25 Å². The van der Waals surface area contributed by atoms with Crippen LogP contribution in [-0.4, -0.2) is 0 Å². The summed E-state index contributed by atoms with van der Waals surface area (Å²) in [7, 11) is 0. The smallest absolute Gasteiger partial charge is 0.164 e. The first-order valence-corrected chi connectivity index (χ1v) is 5.91. The molecule has 1 nitrogen and oxygen atoms in total. The van der Waals surface area contributed by atoms with Gasteiger partial charge >= 0.3 is 0 Å². The van der Waals surface area contributed by atoms with E-state index >= 15 is 0 Å². The highest BCUT2D eigenvalue weighted by molar-refractivity contribution is 8.03. The average molecular weight is 244 g/mol. The molecule has 1 unspecified atom stereocenters. The molecule has 0 radical (unpaired) electrons. The minimum Gasteiger partial charge on any atom is -0.396 e. The number of rotatable bonds is 1. The largest absolute Gasteiger partial charge is 0.396 e. The Hall–Kier alpha value is -0.670. The van der Waals surface area contributed by atoms with E-state index in [1.54, 1.807) is 23.9 Å². The maximum Gasteiger partial charge on any atom is 0.164 e. The van der Waals surface area contributed by atoms with Crippen LogP contribution >= 0.6 is 23.4 Å². The monoisotopic (exact) mass is 243 g/mol. The van der Waals surface area contributed by atoms with E-state index in [1.165, 1.54) is 4.91 Å². The Kier molecular flexibility index (Phi) is 2.94. The zero-order chi connectivity index (χ0) is 11.0. The minimum absolute atomic E-state index is 0.107. The van der Waals surface area contributed by atoms with Gasteiger partial charge in [-0.05, 0) is 35.9 Å². The topological polar surface area (TPSA) is 26.0 Å². The minimum atomic E-state index is -0.520. The van der Waals surface area contributed by atoms with E-state index in [0.29, 0.717) is 5.25 Å². The molecule has 4 heteroatoms. The number of anilines is 1. The number of hydrogen-bond acceptors (Lipinski definition) is 2. The maximum absolute atomic E-state index is 13.2. The Balaban J connectivity index is 2.31. The van der Waals surface area contributed by atoms with Crippen molar-refractivity contribution in [1.29, 1.82) is 0 Å². The van der Waals surface area contributed by atoms with Crippen molar-refractivity contribution in [3.05, 3.63) is 39.5 Å². The molecule has 15 heavy (non-hydrogen) atoms. The Bertz CT molecular complexity index is 408. The van der Waals surface area contributed by atoms with Gasteiger partial charge in [0.05, 0.1) is 10.7 Å². The summed E-state index contributed by atoms with van der Waals surface area (Å²) in [5.41, 5.74) is 6.66. The first kappa shape index (κ1) is 10.8. The molecule has 0 aliphatic carbocycles. The number of halogens is 2. The van der Waals surface area contributed by atoms with E-state index in [9.17, 15) is 4.39 Å². The lowest BCUT2D eigenvalue weighted by molar-refractivity contribution is 0.632. The summed E-state index contributed by atoms with van der Waals surface area (Å²) < 4.78 is 13.2. The van der Waals surface area contributed by atoms with E-state index in [4.69, 9.17) is 17.3 Å². The Morgan fingerprint density at radius 1 is 1.53 bits per heavy atom. The highest BCUT2D eigenvalue weighted by Gasteiger charge is 2.19. The SMILES string of the molecule is CC1=CCC(c2cc(N)c(F)c(Cl)c2)S1. The van der Waals surface area contributed by atoms with Crippen LogP contribution in [0.1, 0.15) is 24.2 Å². The third-order valence-corrected chi connectivity index (χ3v) is 3.96. The average Bonchev–Trinajstić information content (AvgIpc) is 2.60. The van der Waals surface area contributed by atoms with Gasteiger partial charge in [0.2, 0.25) is 0 Å². The molecule has 0 saturated carbocycles. The highest BCUT2D eigenvalue weighted by atomic mass is 35.5. The predicted octanol–water partition coefficient (Wildman–Crippen LogP) is 4.14. The van der Waals surface area contributed by atoms with Gasteiger partial charge in [0.25, 0.3) is 0 Å². The fraction of sp³-hybridized carbons (Fsp3) is 0.273. The lowest BCUT2D eigenvalue weighted by Crippen LogP contribution is -1.96. The standard InChI is InChI=1S/C11H11ClFNS/c1-6-2-3-10(15-6)7-4-8(12)11(13)9(14)5-7/h2,4-5,10H,3,14H2,1H3. The van der Waals surface area contributed by atoms with Crippen molar-refractivity contribution in [2.24, 2.45) is 0 Å². The molecule has 2 rings (SSSR count). The Morgan fingerprint density at radius 2 is 2.27 bits per heavy atom. The fourth-order valence-electron chi connectivity index (χ4n) is 1.62. The number of thioether (sulfide) groups is 1. The molecule has 2 N–H and O–H groups in total. The zero-order valence-corrected chi connectivity index (χ0v) is 9.83. The van der Waals surface area contributed by atoms with Crippen LogP contribution in [0.25, 0.3) is 0 Å². The van der Waals surface area contributed by atoms with E-state index in [2.05, 4.69) is 13.0 Å². The predicted molar refractivity (Wildman–Crippen MR) is 64.5 cm³/mol. The Labute approximate surface area is 97.5 Å². The fourth-order valence-corrected chi connectivity index (χ4v) is 2.96. The van der Waals surface area contributed by atoms with Gasteiger partial charge in [-0.25, -0.2) is 4.39 Å². The second kappa shape index (κ2) is 4.06. The third kappa shape index (κ3) is 2.13. The first-order valence-electron chi connectivity index (χ1n) is 4.66. The van der Waals surface area contributed by atoms with Crippen LogP contribution in [-0.2, 0) is 0 Å². The van der Waals surface area contributed by atoms with Crippen LogP contribution in [0.2, 0.25) is 5.02 Å². The quantitative estimate of drug-likeness (QED) is 0.750. The first-order chi connectivity index (χ1) is 7.08. The van der Waals surface area contributed by atoms with Gasteiger partial charge in [-0.2, -0.15) is 0 Å². The van der Waals surface area contributed by atoms with Crippen LogP contribution in [0, 0.1) is 5.82 Å². The van der Waals surface area contributed by atoms with Crippen LogP contribution in [0.4, 0.5) is 10.1 Å². The molecular formula is C11H11ClFNS. The summed E-state index contributed by atoms with van der Waals surface area (Å²) >= 11 is 7.52. The molecule has 0 fully saturated rings. The van der Waals surface area contributed by atoms with Crippen LogP contribution in [0.15, 0.2) is 23.1 Å². The molecule has 1 heterocycles. The maximum atomic E-state index is 13.2. The number of allylic oxidation sites excluding steroid dienone is 2. The highest BCUT2D eigenvalue weighted by Crippen LogP contribution is 2.44. The van der Waals surface area contributed by atoms with Gasteiger partial charge in [-0.1, -0.05) is 17.7 Å². The molecule has 1 aliphatic heterocycles. The molecule has 0 aromatic heterocycles. The summed E-state index contributed by atoms with van der Waals surface area (Å²) in [4.78, 5) is 1.29. The van der Waals surface area contributed by atoms with Gasteiger partial charge in [0.1, 0.15) is 0 Å². The molecular weight excluding hydrogens is 233 g/mol. The van der Waals surface area contributed by atoms with Crippen molar-refractivity contribution in [2.45, 2.75) is 18.6 Å². The van der Waals surface area contributed by atoms with Crippen molar-refractivity contribution in [3.8, 4) is 0 Å². The van der Waals surface area contributed by atoms with Gasteiger partial charge in [0.15, 0.2) is 5.82 Å². The molecule has 0 spiro atoms.